The average molecular weight is 293 g/mol. The monoisotopic (exact) mass is 292 g/mol. The van der Waals surface area contributed by atoms with E-state index in [-0.39, 0.29) is 4.90 Å². The largest absolute Gasteiger partial charge is 0.399 e. The lowest BCUT2D eigenvalue weighted by Crippen LogP contribution is -2.24. The number of nitrogens with two attached hydrogens (primary N) is 3. The van der Waals surface area contributed by atoms with Crippen molar-refractivity contribution in [3.8, 4) is 0 Å². The molecule has 0 saturated heterocycles. The number of rotatable bonds is 2. The van der Waals surface area contributed by atoms with Crippen LogP contribution in [0.4, 0.5) is 5.69 Å². The molecular formula is C7H9BrN4O2S. The van der Waals surface area contributed by atoms with Gasteiger partial charge in [0.15, 0.2) is 0 Å². The van der Waals surface area contributed by atoms with Crippen molar-refractivity contribution in [2.45, 2.75) is 4.90 Å². The van der Waals surface area contributed by atoms with Gasteiger partial charge in [0.1, 0.15) is 4.90 Å². The van der Waals surface area contributed by atoms with E-state index in [0.29, 0.717) is 10.2 Å². The van der Waals surface area contributed by atoms with Crippen molar-refractivity contribution in [2.24, 2.45) is 15.9 Å². The van der Waals surface area contributed by atoms with E-state index in [1.165, 1.54) is 18.2 Å². The number of anilines is 1. The number of benzene rings is 1. The molecule has 0 aliphatic rings. The number of hydrogen-bond acceptors (Lipinski definition) is 3. The lowest BCUT2D eigenvalue weighted by Gasteiger charge is -2.03. The maximum atomic E-state index is 11.6. The van der Waals surface area contributed by atoms with Crippen molar-refractivity contribution in [1.82, 2.24) is 0 Å². The van der Waals surface area contributed by atoms with Crippen LogP contribution in [0.5, 0.6) is 0 Å². The predicted octanol–water partition coefficient (Wildman–Crippen LogP) is -0.00660. The summed E-state index contributed by atoms with van der Waals surface area (Å²) in [6.45, 7) is 0. The molecule has 0 spiro atoms. The van der Waals surface area contributed by atoms with Crippen molar-refractivity contribution in [3.63, 3.8) is 0 Å². The van der Waals surface area contributed by atoms with Gasteiger partial charge in [-0.1, -0.05) is 0 Å². The number of nitrogen functional groups attached to an aromatic ring is 1. The fourth-order valence-corrected chi connectivity index (χ4v) is 2.85. The zero-order chi connectivity index (χ0) is 11.6. The molecule has 1 rings (SSSR count). The quantitative estimate of drug-likeness (QED) is 0.402. The molecule has 0 bridgehead atoms. The molecular weight excluding hydrogens is 284 g/mol. The standard InChI is InChI=1S/C7H9BrN4O2S/c8-5-3-4(9)1-2-6(5)15(13,14)12-7(10)11/h1-3H,9H2,(H4,10,11,12). The van der Waals surface area contributed by atoms with E-state index in [0.717, 1.165) is 0 Å². The van der Waals surface area contributed by atoms with Gasteiger partial charge in [-0.3, -0.25) is 0 Å². The summed E-state index contributed by atoms with van der Waals surface area (Å²) in [4.78, 5) is -0.0369. The normalized spacial score (nSPS) is 11.0. The van der Waals surface area contributed by atoms with Gasteiger partial charge in [-0.2, -0.15) is 8.42 Å². The van der Waals surface area contributed by atoms with Gasteiger partial charge in [-0.05, 0) is 34.1 Å². The Kier molecular flexibility index (Phi) is 3.20. The Morgan fingerprint density at radius 2 is 1.93 bits per heavy atom. The molecule has 0 atom stereocenters. The van der Waals surface area contributed by atoms with Crippen molar-refractivity contribution in [1.29, 1.82) is 0 Å². The third-order valence-electron chi connectivity index (χ3n) is 1.46. The van der Waals surface area contributed by atoms with Gasteiger partial charge in [-0.25, -0.2) is 0 Å². The molecule has 1 aromatic rings. The van der Waals surface area contributed by atoms with Crippen LogP contribution in [-0.2, 0) is 10.0 Å². The summed E-state index contributed by atoms with van der Waals surface area (Å²) in [5, 5.41) is 0. The minimum absolute atomic E-state index is 0.0369. The summed E-state index contributed by atoms with van der Waals surface area (Å²) < 4.78 is 26.6. The third kappa shape index (κ3) is 2.83. The Hall–Kier alpha value is -1.28. The first-order chi connectivity index (χ1) is 6.83. The first kappa shape index (κ1) is 11.8. The van der Waals surface area contributed by atoms with Gasteiger partial charge in [-0.15, -0.1) is 4.40 Å². The highest BCUT2D eigenvalue weighted by Crippen LogP contribution is 2.25. The molecule has 0 aliphatic heterocycles. The van der Waals surface area contributed by atoms with Gasteiger partial charge >= 0.3 is 0 Å². The van der Waals surface area contributed by atoms with E-state index >= 15 is 0 Å². The first-order valence-electron chi connectivity index (χ1n) is 3.74. The molecule has 0 unspecified atom stereocenters. The second-order valence-electron chi connectivity index (χ2n) is 2.68. The molecule has 0 heterocycles. The van der Waals surface area contributed by atoms with Crippen LogP contribution in [0.2, 0.25) is 0 Å². The first-order valence-corrected chi connectivity index (χ1v) is 5.97. The van der Waals surface area contributed by atoms with E-state index in [1.807, 2.05) is 0 Å². The lowest BCUT2D eigenvalue weighted by atomic mass is 10.3. The highest BCUT2D eigenvalue weighted by atomic mass is 79.9. The van der Waals surface area contributed by atoms with Crippen LogP contribution in [-0.4, -0.2) is 14.4 Å². The van der Waals surface area contributed by atoms with E-state index in [9.17, 15) is 8.42 Å². The number of halogens is 1. The van der Waals surface area contributed by atoms with Crippen LogP contribution >= 0.6 is 15.9 Å². The molecule has 6 nitrogen and oxygen atoms in total. The van der Waals surface area contributed by atoms with Gasteiger partial charge in [0.25, 0.3) is 10.0 Å². The smallest absolute Gasteiger partial charge is 0.286 e. The number of sulfonamides is 1. The summed E-state index contributed by atoms with van der Waals surface area (Å²) in [7, 11) is -3.87. The van der Waals surface area contributed by atoms with Gasteiger partial charge < -0.3 is 17.2 Å². The van der Waals surface area contributed by atoms with E-state index in [4.69, 9.17) is 17.2 Å². The summed E-state index contributed by atoms with van der Waals surface area (Å²) >= 11 is 3.06. The van der Waals surface area contributed by atoms with Crippen molar-refractivity contribution < 1.29 is 8.42 Å². The van der Waals surface area contributed by atoms with Crippen LogP contribution < -0.4 is 17.2 Å². The molecule has 0 saturated carbocycles. The zero-order valence-electron chi connectivity index (χ0n) is 7.51. The van der Waals surface area contributed by atoms with Gasteiger partial charge in [0.05, 0.1) is 0 Å². The highest BCUT2D eigenvalue weighted by molar-refractivity contribution is 9.10. The maximum absolute atomic E-state index is 11.6. The molecule has 0 radical (unpaired) electrons. The van der Waals surface area contributed by atoms with Crippen LogP contribution in [0.1, 0.15) is 0 Å². The second kappa shape index (κ2) is 4.07. The van der Waals surface area contributed by atoms with Crippen LogP contribution in [0.15, 0.2) is 32.0 Å². The molecule has 0 aromatic heterocycles. The summed E-state index contributed by atoms with van der Waals surface area (Å²) in [5.74, 6) is -0.515. The topological polar surface area (TPSA) is 125 Å². The van der Waals surface area contributed by atoms with Crippen molar-refractivity contribution >= 4 is 37.6 Å². The van der Waals surface area contributed by atoms with Gasteiger partial charge in [0, 0.05) is 10.2 Å². The van der Waals surface area contributed by atoms with Crippen molar-refractivity contribution in [2.75, 3.05) is 5.73 Å². The minimum Gasteiger partial charge on any atom is -0.399 e. The van der Waals surface area contributed by atoms with Crippen LogP contribution in [0.25, 0.3) is 0 Å². The number of hydrogen-bond donors (Lipinski definition) is 3. The molecule has 0 fully saturated rings. The summed E-state index contributed by atoms with van der Waals surface area (Å²) in [6.07, 6.45) is 0. The number of nitrogens with zero attached hydrogens (tertiary/aromatic N) is 1. The van der Waals surface area contributed by atoms with Crippen LogP contribution in [0.3, 0.4) is 0 Å². The molecule has 15 heavy (non-hydrogen) atoms. The Morgan fingerprint density at radius 3 is 2.40 bits per heavy atom. The molecule has 1 aromatic carbocycles. The Morgan fingerprint density at radius 1 is 1.33 bits per heavy atom. The SMILES string of the molecule is NC(N)=NS(=O)(=O)c1ccc(N)cc1Br. The predicted molar refractivity (Wildman–Crippen MR) is 61.5 cm³/mol. The molecule has 8 heteroatoms. The van der Waals surface area contributed by atoms with E-state index < -0.39 is 16.0 Å². The Balaban J connectivity index is 3.35. The molecule has 82 valence electrons. The Bertz CT molecular complexity index is 508. The molecule has 0 aliphatic carbocycles. The van der Waals surface area contributed by atoms with E-state index in [1.54, 1.807) is 0 Å². The zero-order valence-corrected chi connectivity index (χ0v) is 9.92. The van der Waals surface area contributed by atoms with Crippen LogP contribution in [0, 0.1) is 0 Å². The fourth-order valence-electron chi connectivity index (χ4n) is 0.914. The summed E-state index contributed by atoms with van der Waals surface area (Å²) in [5.41, 5.74) is 15.9. The Labute approximate surface area is 95.3 Å². The number of guanidine groups is 1. The summed E-state index contributed by atoms with van der Waals surface area (Å²) in [6, 6.07) is 4.22. The molecule has 6 N–H and O–H groups in total. The minimum atomic E-state index is -3.87. The average Bonchev–Trinajstić information content (AvgIpc) is 1.99. The van der Waals surface area contributed by atoms with E-state index in [2.05, 4.69) is 20.3 Å². The maximum Gasteiger partial charge on any atom is 0.286 e. The second-order valence-corrected chi connectivity index (χ2v) is 5.11. The fraction of sp³-hybridized carbons (Fsp3) is 0. The van der Waals surface area contributed by atoms with Gasteiger partial charge in [0.2, 0.25) is 5.96 Å². The third-order valence-corrected chi connectivity index (χ3v) is 3.74. The van der Waals surface area contributed by atoms with Crippen molar-refractivity contribution in [3.05, 3.63) is 22.7 Å². The highest BCUT2D eigenvalue weighted by Gasteiger charge is 2.16. The lowest BCUT2D eigenvalue weighted by molar-refractivity contribution is 0.597. The molecule has 0 amide bonds.